The highest BCUT2D eigenvalue weighted by Crippen LogP contribution is 2.25. The molecule has 1 heterocycles. The molecule has 0 spiro atoms. The molecule has 0 amide bonds. The summed E-state index contributed by atoms with van der Waals surface area (Å²) in [6, 6.07) is 0.746. The Balaban J connectivity index is 2.15. The lowest BCUT2D eigenvalue weighted by Gasteiger charge is -2.14. The average Bonchev–Trinajstić information content (AvgIpc) is 2.37. The summed E-state index contributed by atoms with van der Waals surface area (Å²) in [7, 11) is 0. The molecule has 0 bridgehead atoms. The molecule has 2 unspecified atom stereocenters. The maximum atomic E-state index is 3.52. The Morgan fingerprint density at radius 1 is 1.64 bits per heavy atom. The number of hydrogen-bond acceptors (Lipinski definition) is 2. The standard InChI is InChI=1S/C9H17NS/c1-3-4-6-10-9-5-7-11-8(9)2/h3-4,8-10H,5-7H2,1-2H3/b4-3+. The van der Waals surface area contributed by atoms with E-state index in [1.807, 2.05) is 0 Å². The van der Waals surface area contributed by atoms with Crippen molar-refractivity contribution in [1.82, 2.24) is 5.32 Å². The summed E-state index contributed by atoms with van der Waals surface area (Å²) >= 11 is 2.08. The van der Waals surface area contributed by atoms with Crippen molar-refractivity contribution in [3.05, 3.63) is 12.2 Å². The largest absolute Gasteiger partial charge is 0.309 e. The minimum absolute atomic E-state index is 0.746. The molecule has 2 atom stereocenters. The van der Waals surface area contributed by atoms with Gasteiger partial charge in [-0.3, -0.25) is 0 Å². The van der Waals surface area contributed by atoms with Gasteiger partial charge in [-0.15, -0.1) is 0 Å². The smallest absolute Gasteiger partial charge is 0.0194 e. The summed E-state index contributed by atoms with van der Waals surface area (Å²) in [4.78, 5) is 0. The van der Waals surface area contributed by atoms with Gasteiger partial charge in [0.05, 0.1) is 0 Å². The minimum atomic E-state index is 0.746. The quantitative estimate of drug-likeness (QED) is 0.652. The normalized spacial score (nSPS) is 31.8. The number of rotatable bonds is 3. The third kappa shape index (κ3) is 2.88. The van der Waals surface area contributed by atoms with Crippen molar-refractivity contribution in [2.75, 3.05) is 12.3 Å². The molecular weight excluding hydrogens is 154 g/mol. The molecule has 0 aromatic carbocycles. The fourth-order valence-electron chi connectivity index (χ4n) is 1.34. The van der Waals surface area contributed by atoms with Gasteiger partial charge in [0.15, 0.2) is 0 Å². The topological polar surface area (TPSA) is 12.0 Å². The summed E-state index contributed by atoms with van der Waals surface area (Å²) in [6.45, 7) is 5.41. The molecule has 2 heteroatoms. The predicted octanol–water partition coefficient (Wildman–Crippen LogP) is 2.05. The Bertz CT molecular complexity index is 134. The number of allylic oxidation sites excluding steroid dienone is 1. The molecule has 1 aliphatic heterocycles. The van der Waals surface area contributed by atoms with Crippen LogP contribution in [0.5, 0.6) is 0 Å². The van der Waals surface area contributed by atoms with Crippen molar-refractivity contribution in [2.45, 2.75) is 31.6 Å². The zero-order chi connectivity index (χ0) is 8.10. The lowest BCUT2D eigenvalue weighted by atomic mass is 10.2. The zero-order valence-corrected chi connectivity index (χ0v) is 8.16. The Labute approximate surface area is 73.6 Å². The lowest BCUT2D eigenvalue weighted by molar-refractivity contribution is 0.543. The molecular formula is C9H17NS. The first-order valence-electron chi connectivity index (χ1n) is 4.30. The van der Waals surface area contributed by atoms with Crippen LogP contribution >= 0.6 is 11.8 Å². The van der Waals surface area contributed by atoms with E-state index in [1.165, 1.54) is 12.2 Å². The second-order valence-corrected chi connectivity index (χ2v) is 4.43. The molecule has 1 aliphatic rings. The van der Waals surface area contributed by atoms with E-state index in [-0.39, 0.29) is 0 Å². The van der Waals surface area contributed by atoms with Crippen molar-refractivity contribution in [3.63, 3.8) is 0 Å². The summed E-state index contributed by atoms with van der Waals surface area (Å²) in [5, 5.41) is 4.33. The highest BCUT2D eigenvalue weighted by molar-refractivity contribution is 8.00. The lowest BCUT2D eigenvalue weighted by Crippen LogP contribution is -2.33. The average molecular weight is 171 g/mol. The van der Waals surface area contributed by atoms with E-state index in [4.69, 9.17) is 0 Å². The molecule has 1 nitrogen and oxygen atoms in total. The van der Waals surface area contributed by atoms with Crippen LogP contribution in [0.15, 0.2) is 12.2 Å². The molecule has 1 fully saturated rings. The maximum absolute atomic E-state index is 3.52. The van der Waals surface area contributed by atoms with E-state index in [0.29, 0.717) is 0 Å². The molecule has 0 saturated carbocycles. The van der Waals surface area contributed by atoms with Crippen LogP contribution in [0.2, 0.25) is 0 Å². The first kappa shape index (κ1) is 9.14. The van der Waals surface area contributed by atoms with Crippen LogP contribution in [0.4, 0.5) is 0 Å². The van der Waals surface area contributed by atoms with Crippen LogP contribution in [-0.4, -0.2) is 23.6 Å². The highest BCUT2D eigenvalue weighted by Gasteiger charge is 2.22. The molecule has 0 radical (unpaired) electrons. The number of nitrogens with one attached hydrogen (secondary N) is 1. The van der Waals surface area contributed by atoms with Gasteiger partial charge in [-0.05, 0) is 19.1 Å². The van der Waals surface area contributed by atoms with Crippen LogP contribution in [0.25, 0.3) is 0 Å². The highest BCUT2D eigenvalue weighted by atomic mass is 32.2. The van der Waals surface area contributed by atoms with Crippen molar-refractivity contribution in [3.8, 4) is 0 Å². The second-order valence-electron chi connectivity index (χ2n) is 2.95. The molecule has 11 heavy (non-hydrogen) atoms. The Hall–Kier alpha value is 0.0500. The van der Waals surface area contributed by atoms with E-state index in [1.54, 1.807) is 0 Å². The summed E-state index contributed by atoms with van der Waals surface area (Å²) in [6.07, 6.45) is 5.61. The van der Waals surface area contributed by atoms with Gasteiger partial charge in [-0.2, -0.15) is 11.8 Å². The molecule has 0 aromatic heterocycles. The Kier molecular flexibility index (Phi) is 4.02. The SMILES string of the molecule is C/C=C/CNC1CCSC1C. The molecule has 1 saturated heterocycles. The van der Waals surface area contributed by atoms with Crippen molar-refractivity contribution < 1.29 is 0 Å². The van der Waals surface area contributed by atoms with Crippen LogP contribution in [0.1, 0.15) is 20.3 Å². The number of thioether (sulfide) groups is 1. The zero-order valence-electron chi connectivity index (χ0n) is 7.34. The third-order valence-corrected chi connectivity index (χ3v) is 3.44. The van der Waals surface area contributed by atoms with Crippen molar-refractivity contribution in [1.29, 1.82) is 0 Å². The molecule has 1 rings (SSSR count). The molecule has 1 N–H and O–H groups in total. The molecule has 64 valence electrons. The first-order chi connectivity index (χ1) is 5.34. The Morgan fingerprint density at radius 2 is 2.45 bits per heavy atom. The van der Waals surface area contributed by atoms with Crippen molar-refractivity contribution >= 4 is 11.8 Å². The first-order valence-corrected chi connectivity index (χ1v) is 5.35. The van der Waals surface area contributed by atoms with Crippen molar-refractivity contribution in [2.24, 2.45) is 0 Å². The van der Waals surface area contributed by atoms with Gasteiger partial charge >= 0.3 is 0 Å². The monoisotopic (exact) mass is 171 g/mol. The maximum Gasteiger partial charge on any atom is 0.0194 e. The van der Waals surface area contributed by atoms with E-state index in [9.17, 15) is 0 Å². The van der Waals surface area contributed by atoms with E-state index >= 15 is 0 Å². The Morgan fingerprint density at radius 3 is 3.00 bits per heavy atom. The second kappa shape index (κ2) is 4.83. The van der Waals surface area contributed by atoms with E-state index in [2.05, 4.69) is 43.1 Å². The summed E-state index contributed by atoms with van der Waals surface area (Å²) < 4.78 is 0. The summed E-state index contributed by atoms with van der Waals surface area (Å²) in [5.41, 5.74) is 0. The van der Waals surface area contributed by atoms with Gasteiger partial charge in [0, 0.05) is 17.8 Å². The minimum Gasteiger partial charge on any atom is -0.309 e. The van der Waals surface area contributed by atoms with Crippen LogP contribution in [0.3, 0.4) is 0 Å². The van der Waals surface area contributed by atoms with E-state index < -0.39 is 0 Å². The van der Waals surface area contributed by atoms with Crippen LogP contribution in [-0.2, 0) is 0 Å². The summed E-state index contributed by atoms with van der Waals surface area (Å²) in [5.74, 6) is 1.33. The van der Waals surface area contributed by atoms with Gasteiger partial charge < -0.3 is 5.32 Å². The fraction of sp³-hybridized carbons (Fsp3) is 0.778. The fourth-order valence-corrected chi connectivity index (χ4v) is 2.56. The van der Waals surface area contributed by atoms with Gasteiger partial charge in [0.25, 0.3) is 0 Å². The van der Waals surface area contributed by atoms with Crippen LogP contribution in [0, 0.1) is 0 Å². The number of hydrogen-bond donors (Lipinski definition) is 1. The molecule has 0 aliphatic carbocycles. The van der Waals surface area contributed by atoms with Gasteiger partial charge in [-0.25, -0.2) is 0 Å². The van der Waals surface area contributed by atoms with Crippen LogP contribution < -0.4 is 5.32 Å². The predicted molar refractivity (Wildman–Crippen MR) is 53.1 cm³/mol. The van der Waals surface area contributed by atoms with Gasteiger partial charge in [-0.1, -0.05) is 19.1 Å². The van der Waals surface area contributed by atoms with Gasteiger partial charge in [0.2, 0.25) is 0 Å². The van der Waals surface area contributed by atoms with Gasteiger partial charge in [0.1, 0.15) is 0 Å². The van der Waals surface area contributed by atoms with E-state index in [0.717, 1.165) is 17.8 Å². The molecule has 0 aromatic rings. The third-order valence-electron chi connectivity index (χ3n) is 2.11.